The van der Waals surface area contributed by atoms with Crippen molar-refractivity contribution in [3.8, 4) is 0 Å². The van der Waals surface area contributed by atoms with Crippen LogP contribution < -0.4 is 5.73 Å². The molecule has 9 nitrogen and oxygen atoms in total. The molecular weight excluding hydrogens is 262 g/mol. The van der Waals surface area contributed by atoms with Crippen LogP contribution in [-0.4, -0.2) is 39.7 Å². The lowest BCUT2D eigenvalue weighted by Gasteiger charge is -2.06. The number of nitrogens with zero attached hydrogens (tertiary/aromatic N) is 4. The molecule has 0 amide bonds. The summed E-state index contributed by atoms with van der Waals surface area (Å²) in [5.41, 5.74) is 5.71. The summed E-state index contributed by atoms with van der Waals surface area (Å²) in [6, 6.07) is 0. The van der Waals surface area contributed by atoms with Gasteiger partial charge in [0.25, 0.3) is 5.96 Å². The number of hydrogen-bond donors (Lipinski definition) is 1. The maximum atomic E-state index is 11.5. The Bertz CT molecular complexity index is 458. The number of hydrazone groups is 1. The van der Waals surface area contributed by atoms with Crippen LogP contribution >= 0.6 is 11.8 Å². The maximum Gasteiger partial charge on any atom is 0.325 e. The highest BCUT2D eigenvalue weighted by Gasteiger charge is 2.31. The predicted molar refractivity (Wildman–Crippen MR) is 67.2 cm³/mol. The number of rotatable bonds is 3. The third kappa shape index (κ3) is 3.80. The summed E-state index contributed by atoms with van der Waals surface area (Å²) >= 11 is 1.01. The molecule has 98 valence electrons. The number of aliphatic imine (C=N–C) groups is 2. The van der Waals surface area contributed by atoms with Crippen molar-refractivity contribution in [2.45, 2.75) is 19.1 Å². The first-order valence-electron chi connectivity index (χ1n) is 4.89. The highest BCUT2D eigenvalue weighted by atomic mass is 32.2. The lowest BCUT2D eigenvalue weighted by Crippen LogP contribution is -2.24. The molecule has 0 aromatic heterocycles. The smallest absolute Gasteiger partial charge is 0.325 e. The molecule has 1 aliphatic rings. The van der Waals surface area contributed by atoms with Gasteiger partial charge in [-0.1, -0.05) is 11.8 Å². The van der Waals surface area contributed by atoms with Gasteiger partial charge in [0.1, 0.15) is 10.4 Å². The van der Waals surface area contributed by atoms with Gasteiger partial charge in [-0.05, 0) is 13.8 Å². The first kappa shape index (κ1) is 14.1. The number of hydrogen-bond acceptors (Lipinski definition) is 5. The molecule has 0 spiro atoms. The van der Waals surface area contributed by atoms with Crippen molar-refractivity contribution >= 4 is 34.6 Å². The van der Waals surface area contributed by atoms with Gasteiger partial charge in [0.2, 0.25) is 0 Å². The van der Waals surface area contributed by atoms with E-state index in [1.165, 1.54) is 0 Å². The molecule has 0 radical (unpaired) electrons. The Balaban J connectivity index is 2.78. The molecule has 0 fully saturated rings. The largest absolute Gasteiger partial charge is 0.465 e. The Kier molecular flexibility index (Phi) is 4.77. The Morgan fingerprint density at radius 1 is 1.72 bits per heavy atom. The van der Waals surface area contributed by atoms with E-state index >= 15 is 0 Å². The second-order valence-electron chi connectivity index (χ2n) is 3.09. The summed E-state index contributed by atoms with van der Waals surface area (Å²) in [6.45, 7) is 3.60. The van der Waals surface area contributed by atoms with Crippen LogP contribution in [0.2, 0.25) is 0 Å². The first-order chi connectivity index (χ1) is 8.43. The Hall–Kier alpha value is -1.97. The van der Waals surface area contributed by atoms with E-state index in [-0.39, 0.29) is 11.8 Å². The molecule has 1 heterocycles. The van der Waals surface area contributed by atoms with E-state index in [4.69, 9.17) is 10.5 Å². The van der Waals surface area contributed by atoms with E-state index in [9.17, 15) is 14.9 Å². The van der Waals surface area contributed by atoms with E-state index in [1.807, 2.05) is 0 Å². The summed E-state index contributed by atoms with van der Waals surface area (Å²) in [7, 11) is 0. The number of guanidine groups is 1. The van der Waals surface area contributed by atoms with Gasteiger partial charge in [-0.25, -0.2) is 15.1 Å². The SMILES string of the molecule is CCOC(=O)C1SC(=N/C(N)=N/[N+](=O)[O-])N=C1C. The quantitative estimate of drug-likeness (QED) is 0.253. The number of carbonyl (C=O) groups excluding carboxylic acids is 1. The molecule has 1 aliphatic heterocycles. The second-order valence-corrected chi connectivity index (χ2v) is 4.17. The molecule has 18 heavy (non-hydrogen) atoms. The van der Waals surface area contributed by atoms with Crippen molar-refractivity contribution in [1.82, 2.24) is 0 Å². The summed E-state index contributed by atoms with van der Waals surface area (Å²) in [5, 5.41) is 11.5. The summed E-state index contributed by atoms with van der Waals surface area (Å²) in [5.74, 6) is -0.956. The number of amidine groups is 1. The van der Waals surface area contributed by atoms with E-state index in [1.54, 1.807) is 13.8 Å². The summed E-state index contributed by atoms with van der Waals surface area (Å²) in [4.78, 5) is 29.2. The molecule has 0 aromatic rings. The fourth-order valence-corrected chi connectivity index (χ4v) is 2.06. The molecule has 0 aromatic carbocycles. The predicted octanol–water partition coefficient (Wildman–Crippen LogP) is -0.0118. The highest BCUT2D eigenvalue weighted by molar-refractivity contribution is 8.16. The van der Waals surface area contributed by atoms with Crippen molar-refractivity contribution < 1.29 is 14.6 Å². The normalized spacial score (nSPS) is 21.9. The van der Waals surface area contributed by atoms with Crippen LogP contribution in [0.5, 0.6) is 0 Å². The van der Waals surface area contributed by atoms with Crippen molar-refractivity contribution in [2.75, 3.05) is 6.61 Å². The van der Waals surface area contributed by atoms with Gasteiger partial charge in [0, 0.05) is 5.71 Å². The molecule has 10 heteroatoms. The van der Waals surface area contributed by atoms with Crippen molar-refractivity contribution in [3.05, 3.63) is 10.1 Å². The van der Waals surface area contributed by atoms with Crippen LogP contribution in [-0.2, 0) is 9.53 Å². The average molecular weight is 273 g/mol. The number of thioether (sulfide) groups is 1. The zero-order valence-electron chi connectivity index (χ0n) is 9.69. The molecule has 0 aliphatic carbocycles. The van der Waals surface area contributed by atoms with Crippen molar-refractivity contribution in [1.29, 1.82) is 0 Å². The van der Waals surface area contributed by atoms with Gasteiger partial charge in [-0.3, -0.25) is 4.79 Å². The zero-order valence-corrected chi connectivity index (χ0v) is 10.5. The average Bonchev–Trinajstić information content (AvgIpc) is 2.58. The number of esters is 1. The van der Waals surface area contributed by atoms with Crippen LogP contribution in [0.4, 0.5) is 0 Å². The topological polar surface area (TPSA) is 133 Å². The lowest BCUT2D eigenvalue weighted by molar-refractivity contribution is -0.485. The van der Waals surface area contributed by atoms with E-state index in [0.717, 1.165) is 11.8 Å². The molecular formula is C8H11N5O4S. The van der Waals surface area contributed by atoms with Gasteiger partial charge in [0.15, 0.2) is 10.2 Å². The van der Waals surface area contributed by atoms with E-state index < -0.39 is 22.2 Å². The van der Waals surface area contributed by atoms with Crippen LogP contribution in [0.25, 0.3) is 0 Å². The minimum absolute atomic E-state index is 0.147. The molecule has 2 N–H and O–H groups in total. The van der Waals surface area contributed by atoms with Gasteiger partial charge in [0.05, 0.1) is 6.61 Å². The standard InChI is InChI=1S/C8H11N5O4S/c1-3-17-6(14)5-4(2)10-8(18-5)11-7(9)12-13(15)16/h5H,3H2,1-2H3,(H2,9,12). The van der Waals surface area contributed by atoms with E-state index in [2.05, 4.69) is 15.1 Å². The number of nitro groups is 1. The van der Waals surface area contributed by atoms with Gasteiger partial charge in [-0.15, -0.1) is 0 Å². The molecule has 0 saturated carbocycles. The Morgan fingerprint density at radius 3 is 2.94 bits per heavy atom. The molecule has 1 unspecified atom stereocenters. The third-order valence-electron chi connectivity index (χ3n) is 1.77. The Labute approximate surface area is 106 Å². The number of carbonyl (C=O) groups is 1. The van der Waals surface area contributed by atoms with Crippen LogP contribution in [0.3, 0.4) is 0 Å². The number of nitrogens with two attached hydrogens (primary N) is 1. The Morgan fingerprint density at radius 2 is 2.39 bits per heavy atom. The van der Waals surface area contributed by atoms with Crippen LogP contribution in [0, 0.1) is 10.1 Å². The van der Waals surface area contributed by atoms with Gasteiger partial charge < -0.3 is 10.5 Å². The first-order valence-corrected chi connectivity index (χ1v) is 5.77. The summed E-state index contributed by atoms with van der Waals surface area (Å²) < 4.78 is 4.85. The molecule has 1 atom stereocenters. The zero-order chi connectivity index (χ0) is 13.7. The highest BCUT2D eigenvalue weighted by Crippen LogP contribution is 2.24. The second kappa shape index (κ2) is 6.10. The van der Waals surface area contributed by atoms with Crippen molar-refractivity contribution in [3.63, 3.8) is 0 Å². The fourth-order valence-electron chi connectivity index (χ4n) is 1.12. The van der Waals surface area contributed by atoms with Crippen LogP contribution in [0.1, 0.15) is 13.8 Å². The van der Waals surface area contributed by atoms with Gasteiger partial charge in [-0.2, -0.15) is 4.99 Å². The van der Waals surface area contributed by atoms with Crippen LogP contribution in [0.15, 0.2) is 15.1 Å². The molecule has 0 bridgehead atoms. The minimum atomic E-state index is -0.960. The fraction of sp³-hybridized carbons (Fsp3) is 0.500. The number of ether oxygens (including phenoxy) is 1. The lowest BCUT2D eigenvalue weighted by atomic mass is 10.3. The van der Waals surface area contributed by atoms with Gasteiger partial charge >= 0.3 is 5.97 Å². The minimum Gasteiger partial charge on any atom is -0.465 e. The van der Waals surface area contributed by atoms with E-state index in [0.29, 0.717) is 5.71 Å². The third-order valence-corrected chi connectivity index (χ3v) is 2.93. The molecule has 0 saturated heterocycles. The maximum absolute atomic E-state index is 11.5. The molecule has 1 rings (SSSR count). The summed E-state index contributed by atoms with van der Waals surface area (Å²) in [6.07, 6.45) is 0. The monoisotopic (exact) mass is 273 g/mol. The van der Waals surface area contributed by atoms with Crippen molar-refractivity contribution in [2.24, 2.45) is 20.8 Å².